The maximum absolute atomic E-state index is 11.9. The van der Waals surface area contributed by atoms with E-state index in [0.717, 1.165) is 30.3 Å². The highest BCUT2D eigenvalue weighted by Crippen LogP contribution is 2.17. The second-order valence-electron chi connectivity index (χ2n) is 4.74. The van der Waals surface area contributed by atoms with Crippen molar-refractivity contribution in [3.8, 4) is 0 Å². The molecule has 1 fully saturated rings. The average molecular weight is 283 g/mol. The molecule has 1 aliphatic rings. The van der Waals surface area contributed by atoms with Gasteiger partial charge >= 0.3 is 0 Å². The third-order valence-electron chi connectivity index (χ3n) is 3.12. The molecular weight excluding hydrogens is 262 g/mol. The van der Waals surface area contributed by atoms with Crippen LogP contribution in [0.2, 0.25) is 0 Å². The highest BCUT2D eigenvalue weighted by Gasteiger charge is 2.19. The first kappa shape index (κ1) is 14.4. The minimum absolute atomic E-state index is 0.0337. The molecule has 19 heavy (non-hydrogen) atoms. The molecule has 0 aliphatic carbocycles. The second kappa shape index (κ2) is 6.98. The Morgan fingerprint density at radius 1 is 1.74 bits per heavy atom. The predicted molar refractivity (Wildman–Crippen MR) is 75.3 cm³/mol. The van der Waals surface area contributed by atoms with Gasteiger partial charge in [0.25, 0.3) is 0 Å². The summed E-state index contributed by atoms with van der Waals surface area (Å²) in [5.41, 5.74) is 0.947. The molecule has 0 radical (unpaired) electrons. The van der Waals surface area contributed by atoms with Gasteiger partial charge in [-0.3, -0.25) is 4.79 Å². The minimum Gasteiger partial charge on any atom is -0.378 e. The molecule has 2 heterocycles. The van der Waals surface area contributed by atoms with E-state index in [4.69, 9.17) is 4.74 Å². The Morgan fingerprint density at radius 3 is 3.21 bits per heavy atom. The first-order chi connectivity index (χ1) is 9.19. The predicted octanol–water partition coefficient (Wildman–Crippen LogP) is 1.26. The molecule has 2 rings (SSSR count). The number of ether oxygens (including phenoxy) is 1. The Labute approximate surface area is 117 Å². The van der Waals surface area contributed by atoms with Crippen LogP contribution in [0, 0.1) is 0 Å². The first-order valence-electron chi connectivity index (χ1n) is 6.73. The number of nitrogens with one attached hydrogen (secondary N) is 2. The van der Waals surface area contributed by atoms with Crippen LogP contribution in [0.5, 0.6) is 0 Å². The largest absolute Gasteiger partial charge is 0.378 e. The van der Waals surface area contributed by atoms with Crippen molar-refractivity contribution < 1.29 is 9.53 Å². The molecule has 0 saturated carbocycles. The topological polar surface area (TPSA) is 63.2 Å². The Kier molecular flexibility index (Phi) is 5.30. The summed E-state index contributed by atoms with van der Waals surface area (Å²) < 4.78 is 5.34. The average Bonchev–Trinajstić information content (AvgIpc) is 2.88. The zero-order valence-corrected chi connectivity index (χ0v) is 12.3. The number of aromatic nitrogens is 1. The lowest BCUT2D eigenvalue weighted by atomic mass is 10.1. The standard InChI is InChI=1S/C13H21N3O2S/c1-3-13-16-11(8-19-13)9(2)15-12(17)6-10-7-18-5-4-14-10/h8-10,14H,3-7H2,1-2H3,(H,15,17). The Bertz CT molecular complexity index is 416. The van der Waals surface area contributed by atoms with Gasteiger partial charge in [-0.25, -0.2) is 4.98 Å². The molecule has 5 nitrogen and oxygen atoms in total. The number of morpholine rings is 1. The third kappa shape index (κ3) is 4.26. The molecule has 1 saturated heterocycles. The quantitative estimate of drug-likeness (QED) is 0.854. The van der Waals surface area contributed by atoms with E-state index in [1.165, 1.54) is 0 Å². The fourth-order valence-corrected chi connectivity index (χ4v) is 2.87. The van der Waals surface area contributed by atoms with Crippen molar-refractivity contribution in [3.05, 3.63) is 16.1 Å². The SMILES string of the molecule is CCc1nc(C(C)NC(=O)CC2COCCN2)cs1. The third-order valence-corrected chi connectivity index (χ3v) is 4.13. The van der Waals surface area contributed by atoms with Crippen molar-refractivity contribution in [2.45, 2.75) is 38.8 Å². The van der Waals surface area contributed by atoms with E-state index in [-0.39, 0.29) is 18.0 Å². The number of hydrogen-bond donors (Lipinski definition) is 2. The minimum atomic E-state index is -0.0337. The Hall–Kier alpha value is -0.980. The molecule has 0 bridgehead atoms. The van der Waals surface area contributed by atoms with Gasteiger partial charge in [-0.05, 0) is 13.3 Å². The van der Waals surface area contributed by atoms with Gasteiger partial charge in [-0.15, -0.1) is 11.3 Å². The highest BCUT2D eigenvalue weighted by molar-refractivity contribution is 7.09. The van der Waals surface area contributed by atoms with Crippen molar-refractivity contribution in [3.63, 3.8) is 0 Å². The number of carbonyl (C=O) groups is 1. The molecule has 6 heteroatoms. The smallest absolute Gasteiger partial charge is 0.222 e. The van der Waals surface area contributed by atoms with Gasteiger partial charge in [0.15, 0.2) is 0 Å². The van der Waals surface area contributed by atoms with E-state index in [9.17, 15) is 4.79 Å². The lowest BCUT2D eigenvalue weighted by Crippen LogP contribution is -2.44. The summed E-state index contributed by atoms with van der Waals surface area (Å²) in [6.45, 7) is 6.21. The number of thiazole rings is 1. The summed E-state index contributed by atoms with van der Waals surface area (Å²) in [6.07, 6.45) is 1.39. The summed E-state index contributed by atoms with van der Waals surface area (Å²) in [5.74, 6) is 0.0431. The van der Waals surface area contributed by atoms with Gasteiger partial charge in [0.2, 0.25) is 5.91 Å². The van der Waals surface area contributed by atoms with Crippen molar-refractivity contribution in [1.82, 2.24) is 15.6 Å². The van der Waals surface area contributed by atoms with Gasteiger partial charge in [0.1, 0.15) is 0 Å². The normalized spacial score (nSPS) is 21.1. The van der Waals surface area contributed by atoms with Crippen molar-refractivity contribution in [2.24, 2.45) is 0 Å². The van der Waals surface area contributed by atoms with Crippen molar-refractivity contribution in [2.75, 3.05) is 19.8 Å². The number of rotatable bonds is 5. The van der Waals surface area contributed by atoms with Crippen molar-refractivity contribution >= 4 is 17.2 Å². The molecule has 1 aromatic rings. The maximum Gasteiger partial charge on any atom is 0.222 e. The van der Waals surface area contributed by atoms with Gasteiger partial charge in [-0.2, -0.15) is 0 Å². The van der Waals surface area contributed by atoms with Crippen LogP contribution < -0.4 is 10.6 Å². The van der Waals surface area contributed by atoms with E-state index in [2.05, 4.69) is 22.5 Å². The van der Waals surface area contributed by atoms with E-state index in [0.29, 0.717) is 13.0 Å². The monoisotopic (exact) mass is 283 g/mol. The van der Waals surface area contributed by atoms with Gasteiger partial charge in [0.05, 0.1) is 30.0 Å². The summed E-state index contributed by atoms with van der Waals surface area (Å²) in [6, 6.07) is 0.0937. The van der Waals surface area contributed by atoms with E-state index >= 15 is 0 Å². The van der Waals surface area contributed by atoms with E-state index in [1.807, 2.05) is 12.3 Å². The van der Waals surface area contributed by atoms with Crippen LogP contribution in [0.3, 0.4) is 0 Å². The summed E-state index contributed by atoms with van der Waals surface area (Å²) in [7, 11) is 0. The number of nitrogens with zero attached hydrogens (tertiary/aromatic N) is 1. The van der Waals surface area contributed by atoms with Crippen LogP contribution in [-0.2, 0) is 16.0 Å². The molecule has 2 N–H and O–H groups in total. The number of carbonyl (C=O) groups excluding carboxylic acids is 1. The number of amides is 1. The lowest BCUT2D eigenvalue weighted by Gasteiger charge is -2.23. The van der Waals surface area contributed by atoms with Gasteiger partial charge in [0, 0.05) is 24.4 Å². The van der Waals surface area contributed by atoms with E-state index in [1.54, 1.807) is 11.3 Å². The molecule has 2 unspecified atom stereocenters. The molecule has 0 aromatic carbocycles. The van der Waals surface area contributed by atoms with Crippen LogP contribution in [0.25, 0.3) is 0 Å². The Morgan fingerprint density at radius 2 is 2.58 bits per heavy atom. The van der Waals surface area contributed by atoms with Crippen LogP contribution in [0.15, 0.2) is 5.38 Å². The zero-order chi connectivity index (χ0) is 13.7. The zero-order valence-electron chi connectivity index (χ0n) is 11.4. The van der Waals surface area contributed by atoms with Crippen molar-refractivity contribution in [1.29, 1.82) is 0 Å². The summed E-state index contributed by atoms with van der Waals surface area (Å²) in [4.78, 5) is 16.4. The molecule has 1 amide bonds. The van der Waals surface area contributed by atoms with E-state index < -0.39 is 0 Å². The fraction of sp³-hybridized carbons (Fsp3) is 0.692. The first-order valence-corrected chi connectivity index (χ1v) is 7.61. The van der Waals surface area contributed by atoms with Gasteiger partial charge in [-0.1, -0.05) is 6.92 Å². The fourth-order valence-electron chi connectivity index (χ4n) is 2.04. The van der Waals surface area contributed by atoms with Crippen LogP contribution >= 0.6 is 11.3 Å². The molecule has 0 spiro atoms. The molecule has 1 aromatic heterocycles. The molecular formula is C13H21N3O2S. The molecule has 106 valence electrons. The van der Waals surface area contributed by atoms with Gasteiger partial charge < -0.3 is 15.4 Å². The van der Waals surface area contributed by atoms with Crippen LogP contribution in [0.1, 0.15) is 37.0 Å². The summed E-state index contributed by atoms with van der Waals surface area (Å²) >= 11 is 1.65. The molecule has 1 aliphatic heterocycles. The second-order valence-corrected chi connectivity index (χ2v) is 5.68. The number of hydrogen-bond acceptors (Lipinski definition) is 5. The summed E-state index contributed by atoms with van der Waals surface area (Å²) in [5, 5.41) is 9.40. The highest BCUT2D eigenvalue weighted by atomic mass is 32.1. The molecule has 2 atom stereocenters. The maximum atomic E-state index is 11.9. The lowest BCUT2D eigenvalue weighted by molar-refractivity contribution is -0.122. The number of aryl methyl sites for hydroxylation is 1. The van der Waals surface area contributed by atoms with Crippen LogP contribution in [0.4, 0.5) is 0 Å². The van der Waals surface area contributed by atoms with Crippen LogP contribution in [-0.4, -0.2) is 36.7 Å². The Balaban J connectivity index is 1.80.